The summed E-state index contributed by atoms with van der Waals surface area (Å²) in [5, 5.41) is 3.14. The minimum absolute atomic E-state index is 0.0227. The summed E-state index contributed by atoms with van der Waals surface area (Å²) in [4.78, 5) is 25.9. The van der Waals surface area contributed by atoms with Crippen LogP contribution in [0, 0.1) is 0 Å². The molecule has 1 aliphatic heterocycles. The predicted octanol–water partition coefficient (Wildman–Crippen LogP) is 4.77. The van der Waals surface area contributed by atoms with Gasteiger partial charge < -0.3 is 14.8 Å². The molecule has 1 aliphatic carbocycles. The number of ether oxygens (including phenoxy) is 2. The molecule has 168 valence electrons. The molecular formula is C28H27NO4. The Morgan fingerprint density at radius 2 is 1.64 bits per heavy atom. The molecule has 5 rings (SSSR count). The molecule has 3 aromatic rings. The van der Waals surface area contributed by atoms with E-state index in [1.807, 2.05) is 49.4 Å². The van der Waals surface area contributed by atoms with Gasteiger partial charge in [0.25, 0.3) is 5.91 Å². The van der Waals surface area contributed by atoms with Crippen molar-refractivity contribution in [2.45, 2.75) is 25.2 Å². The number of carbonyl (C=O) groups excluding carboxylic acids is 2. The minimum atomic E-state index is -0.193. The number of ketones is 1. The second-order valence-corrected chi connectivity index (χ2v) is 8.67. The monoisotopic (exact) mass is 441 g/mol. The fraction of sp³-hybridized carbons (Fsp3) is 0.286. The van der Waals surface area contributed by atoms with E-state index in [1.54, 1.807) is 12.1 Å². The lowest BCUT2D eigenvalue weighted by Crippen LogP contribution is -2.44. The first kappa shape index (κ1) is 21.4. The molecule has 0 bridgehead atoms. The van der Waals surface area contributed by atoms with Crippen LogP contribution in [0.4, 0.5) is 0 Å². The number of benzene rings is 3. The van der Waals surface area contributed by atoms with Crippen LogP contribution >= 0.6 is 0 Å². The lowest BCUT2D eigenvalue weighted by molar-refractivity contribution is 0.0487. The molecule has 0 aromatic heterocycles. The first-order valence-electron chi connectivity index (χ1n) is 11.5. The highest BCUT2D eigenvalue weighted by Gasteiger charge is 2.35. The minimum Gasteiger partial charge on any atom is -0.494 e. The highest BCUT2D eigenvalue weighted by atomic mass is 16.5. The number of hydrogen-bond acceptors (Lipinski definition) is 4. The summed E-state index contributed by atoms with van der Waals surface area (Å²) < 4.78 is 11.2. The van der Waals surface area contributed by atoms with Crippen molar-refractivity contribution in [2.75, 3.05) is 26.4 Å². The number of rotatable bonds is 6. The highest BCUT2D eigenvalue weighted by Crippen LogP contribution is 2.37. The van der Waals surface area contributed by atoms with Crippen molar-refractivity contribution in [1.82, 2.24) is 5.32 Å². The van der Waals surface area contributed by atoms with Crippen molar-refractivity contribution in [2.24, 2.45) is 0 Å². The van der Waals surface area contributed by atoms with Crippen LogP contribution in [0.25, 0.3) is 11.1 Å². The van der Waals surface area contributed by atoms with E-state index < -0.39 is 0 Å². The van der Waals surface area contributed by atoms with Crippen molar-refractivity contribution in [3.63, 3.8) is 0 Å². The van der Waals surface area contributed by atoms with Crippen LogP contribution in [-0.2, 0) is 10.2 Å². The van der Waals surface area contributed by atoms with Gasteiger partial charge in [0.1, 0.15) is 5.75 Å². The van der Waals surface area contributed by atoms with Gasteiger partial charge in [-0.3, -0.25) is 9.59 Å². The Bertz CT molecular complexity index is 1190. The normalized spacial score (nSPS) is 16.1. The zero-order valence-electron chi connectivity index (χ0n) is 18.7. The zero-order chi connectivity index (χ0) is 22.8. The molecule has 33 heavy (non-hydrogen) atoms. The molecule has 3 aromatic carbocycles. The number of nitrogens with one attached hydrogen (secondary N) is 1. The van der Waals surface area contributed by atoms with Crippen LogP contribution in [-0.4, -0.2) is 38.1 Å². The molecule has 5 nitrogen and oxygen atoms in total. The van der Waals surface area contributed by atoms with Crippen molar-refractivity contribution >= 4 is 11.7 Å². The largest absolute Gasteiger partial charge is 0.494 e. The molecule has 1 saturated heterocycles. The highest BCUT2D eigenvalue weighted by molar-refractivity contribution is 6.22. The molecule has 1 fully saturated rings. The predicted molar refractivity (Wildman–Crippen MR) is 127 cm³/mol. The maximum Gasteiger partial charge on any atom is 0.251 e. The Morgan fingerprint density at radius 3 is 2.36 bits per heavy atom. The molecule has 0 radical (unpaired) electrons. The van der Waals surface area contributed by atoms with E-state index in [0.717, 1.165) is 29.7 Å². The number of carbonyl (C=O) groups is 2. The number of hydrogen-bond donors (Lipinski definition) is 1. The number of fused-ring (bicyclic) bond motifs is 3. The van der Waals surface area contributed by atoms with Crippen LogP contribution < -0.4 is 10.1 Å². The fourth-order valence-corrected chi connectivity index (χ4v) is 4.92. The van der Waals surface area contributed by atoms with Crippen molar-refractivity contribution in [3.05, 3.63) is 89.0 Å². The van der Waals surface area contributed by atoms with Crippen LogP contribution in [0.15, 0.2) is 66.7 Å². The number of amides is 1. The maximum absolute atomic E-state index is 13.1. The Kier molecular flexibility index (Phi) is 5.73. The molecule has 1 amide bonds. The van der Waals surface area contributed by atoms with Crippen LogP contribution in [0.3, 0.4) is 0 Å². The first-order chi connectivity index (χ1) is 16.1. The van der Waals surface area contributed by atoms with Crippen molar-refractivity contribution in [1.29, 1.82) is 0 Å². The second kappa shape index (κ2) is 8.83. The summed E-state index contributed by atoms with van der Waals surface area (Å²) in [5.41, 5.74) is 4.60. The van der Waals surface area contributed by atoms with Gasteiger partial charge in [0, 0.05) is 41.9 Å². The fourth-order valence-electron chi connectivity index (χ4n) is 4.92. The molecule has 5 heteroatoms. The van der Waals surface area contributed by atoms with E-state index in [2.05, 4.69) is 17.4 Å². The van der Waals surface area contributed by atoms with Gasteiger partial charge in [-0.05, 0) is 60.7 Å². The third-order valence-corrected chi connectivity index (χ3v) is 6.80. The molecule has 1 N–H and O–H groups in total. The summed E-state index contributed by atoms with van der Waals surface area (Å²) >= 11 is 0. The third-order valence-electron chi connectivity index (χ3n) is 6.80. The molecule has 0 atom stereocenters. The molecule has 0 saturated carbocycles. The smallest absolute Gasteiger partial charge is 0.251 e. The second-order valence-electron chi connectivity index (χ2n) is 8.67. The Morgan fingerprint density at radius 1 is 0.939 bits per heavy atom. The third kappa shape index (κ3) is 3.93. The van der Waals surface area contributed by atoms with Gasteiger partial charge in [0.15, 0.2) is 5.78 Å². The first-order valence-corrected chi connectivity index (χ1v) is 11.5. The van der Waals surface area contributed by atoms with Gasteiger partial charge in [0.05, 0.1) is 6.61 Å². The Hall–Kier alpha value is -3.44. The quantitative estimate of drug-likeness (QED) is 0.468. The van der Waals surface area contributed by atoms with Gasteiger partial charge in [-0.1, -0.05) is 42.5 Å². The van der Waals surface area contributed by atoms with E-state index in [1.165, 1.54) is 5.56 Å². The van der Waals surface area contributed by atoms with E-state index in [9.17, 15) is 9.59 Å². The van der Waals surface area contributed by atoms with Crippen molar-refractivity contribution < 1.29 is 19.1 Å². The summed E-state index contributed by atoms with van der Waals surface area (Å²) in [6.07, 6.45) is 1.67. The van der Waals surface area contributed by atoms with E-state index in [0.29, 0.717) is 43.1 Å². The molecular weight excluding hydrogens is 414 g/mol. The van der Waals surface area contributed by atoms with Crippen LogP contribution in [0.1, 0.15) is 51.6 Å². The summed E-state index contributed by atoms with van der Waals surface area (Å²) in [7, 11) is 0. The molecule has 0 spiro atoms. The van der Waals surface area contributed by atoms with E-state index >= 15 is 0 Å². The molecule has 0 unspecified atom stereocenters. The van der Waals surface area contributed by atoms with Gasteiger partial charge >= 0.3 is 0 Å². The Balaban J connectivity index is 1.35. The maximum atomic E-state index is 13.1. The average Bonchev–Trinajstić information content (AvgIpc) is 3.15. The summed E-state index contributed by atoms with van der Waals surface area (Å²) in [6.45, 7) is 4.43. The topological polar surface area (TPSA) is 64.6 Å². The standard InChI is InChI=1S/C28H27NO4/c1-2-33-21-10-8-20(9-11-21)28(13-15-32-16-14-28)18-29-27(31)19-7-12-23-22-5-3-4-6-24(22)26(30)25(23)17-19/h3-12,17H,2,13-16,18H2,1H3,(H,29,31). The molecule has 2 aliphatic rings. The lowest BCUT2D eigenvalue weighted by atomic mass is 9.74. The van der Waals surface area contributed by atoms with Gasteiger partial charge in [-0.15, -0.1) is 0 Å². The van der Waals surface area contributed by atoms with Gasteiger partial charge in [-0.2, -0.15) is 0 Å². The lowest BCUT2D eigenvalue weighted by Gasteiger charge is -2.38. The van der Waals surface area contributed by atoms with Crippen LogP contribution in [0.5, 0.6) is 5.75 Å². The SMILES string of the molecule is CCOc1ccc(C2(CNC(=O)c3ccc4c(c3)C(=O)c3ccccc3-4)CCOCC2)cc1. The average molecular weight is 442 g/mol. The molecule has 1 heterocycles. The summed E-state index contributed by atoms with van der Waals surface area (Å²) in [6, 6.07) is 21.1. The van der Waals surface area contributed by atoms with Gasteiger partial charge in [-0.25, -0.2) is 0 Å². The Labute approximate surface area is 193 Å². The van der Waals surface area contributed by atoms with E-state index in [4.69, 9.17) is 9.47 Å². The summed E-state index contributed by atoms with van der Waals surface area (Å²) in [5.74, 6) is 0.653. The van der Waals surface area contributed by atoms with Gasteiger partial charge in [0.2, 0.25) is 0 Å². The van der Waals surface area contributed by atoms with Crippen molar-refractivity contribution in [3.8, 4) is 16.9 Å². The van der Waals surface area contributed by atoms with Crippen LogP contribution in [0.2, 0.25) is 0 Å². The van der Waals surface area contributed by atoms with E-state index in [-0.39, 0.29) is 17.1 Å². The zero-order valence-corrected chi connectivity index (χ0v) is 18.7.